The second kappa shape index (κ2) is 25.1. The molecule has 0 saturated heterocycles. The number of hydrogen-bond donors (Lipinski definition) is 0. The molecule has 7 heteroatoms. The molecule has 0 amide bonds. The molecule has 6 nitrogen and oxygen atoms in total. The summed E-state index contributed by atoms with van der Waals surface area (Å²) in [5.74, 6) is 1.65. The minimum Gasteiger partial charge on any atom is -0.457 e. The second-order valence-electron chi connectivity index (χ2n) is 38.8. The van der Waals surface area contributed by atoms with Gasteiger partial charge in [-0.1, -0.05) is 316 Å². The molecule has 574 valence electrons. The summed E-state index contributed by atoms with van der Waals surface area (Å²) in [4.78, 5) is 5.43. The third-order valence-corrected chi connectivity index (χ3v) is 26.4. The molecule has 0 radical (unpaired) electrons. The number of anilines is 6. The van der Waals surface area contributed by atoms with Crippen LogP contribution in [0.2, 0.25) is 0 Å². The number of rotatable bonds is 6. The third-order valence-electron chi connectivity index (χ3n) is 26.4. The van der Waals surface area contributed by atoms with Gasteiger partial charge in [-0.3, -0.25) is 0 Å². The van der Waals surface area contributed by atoms with E-state index in [0.717, 1.165) is 151 Å². The number of benzene rings is 15. The SMILES string of the molecule is CC(C)(C)c1cc(-c2ccc3oc4ccccc4c3c2N2c3cc(-n4c5ccccc5c5ccc(-c6ccccc6)cc54)ccc3B3c4cc5c(cc4N(c4c(-c6cc(C(C)(C)C)cc(C(C)(C)C)c6)ccc6oc7ccccc7c46)c4cc(C(C)(C)C)cc2c43)Oc2ccccc2C52c3ccccc3-c3ccccc32)cc(C(C)(C)C)c1. The zero-order chi connectivity index (χ0) is 80.8. The minimum atomic E-state index is -0.804. The van der Waals surface area contributed by atoms with Gasteiger partial charge in [-0.05, 0) is 195 Å². The highest BCUT2D eigenvalue weighted by Crippen LogP contribution is 2.64. The Labute approximate surface area is 691 Å². The zero-order valence-electron chi connectivity index (χ0n) is 69.9. The normalized spacial score (nSPS) is 14.1. The number of ether oxygens (including phenoxy) is 1. The summed E-state index contributed by atoms with van der Waals surface area (Å²) in [6, 6.07) is 113. The Bertz CT molecular complexity index is 7220. The molecule has 6 heterocycles. The Balaban J connectivity index is 0.949. The van der Waals surface area contributed by atoms with Gasteiger partial charge < -0.3 is 27.9 Å². The van der Waals surface area contributed by atoms with E-state index in [1.165, 1.54) is 77.3 Å². The van der Waals surface area contributed by atoms with Crippen molar-refractivity contribution >= 4 is 123 Å². The number of furan rings is 2. The molecule has 0 N–H and O–H groups in total. The fourth-order valence-corrected chi connectivity index (χ4v) is 20.3. The highest BCUT2D eigenvalue weighted by molar-refractivity contribution is 7.00. The number of para-hydroxylation sites is 4. The van der Waals surface area contributed by atoms with Gasteiger partial charge in [0.2, 0.25) is 0 Å². The van der Waals surface area contributed by atoms with Crippen molar-refractivity contribution < 1.29 is 13.6 Å². The van der Waals surface area contributed by atoms with Crippen molar-refractivity contribution in [2.45, 2.75) is 136 Å². The van der Waals surface area contributed by atoms with Gasteiger partial charge in [0.05, 0.1) is 38.6 Å². The van der Waals surface area contributed by atoms with Crippen LogP contribution in [-0.4, -0.2) is 11.3 Å². The first-order valence-electron chi connectivity index (χ1n) is 42.0. The average Bonchev–Trinajstić information content (AvgIpc) is 1.27. The van der Waals surface area contributed by atoms with Gasteiger partial charge >= 0.3 is 0 Å². The predicted molar refractivity (Wildman–Crippen MR) is 497 cm³/mol. The van der Waals surface area contributed by atoms with Crippen LogP contribution in [0.25, 0.3) is 116 Å². The molecule has 3 aromatic heterocycles. The van der Waals surface area contributed by atoms with E-state index in [4.69, 9.17) is 13.6 Å². The smallest absolute Gasteiger partial charge is 0.252 e. The molecule has 18 aromatic rings. The van der Waals surface area contributed by atoms with E-state index >= 15 is 0 Å². The molecular weight excluding hydrogens is 1430 g/mol. The molecule has 118 heavy (non-hydrogen) atoms. The molecule has 0 bridgehead atoms. The zero-order valence-corrected chi connectivity index (χ0v) is 69.9. The molecule has 0 unspecified atom stereocenters. The summed E-state index contributed by atoms with van der Waals surface area (Å²) < 4.78 is 24.9. The quantitative estimate of drug-likeness (QED) is 0.155. The molecule has 0 fully saturated rings. The Kier molecular flexibility index (Phi) is 15.2. The van der Waals surface area contributed by atoms with Crippen LogP contribution in [0.5, 0.6) is 11.5 Å². The number of hydrogen-bond acceptors (Lipinski definition) is 5. The minimum absolute atomic E-state index is 0.193. The maximum absolute atomic E-state index is 7.81. The van der Waals surface area contributed by atoms with Crippen molar-refractivity contribution in [3.05, 3.63) is 347 Å². The maximum Gasteiger partial charge on any atom is 0.252 e. The molecule has 1 aliphatic carbocycles. The van der Waals surface area contributed by atoms with Crippen LogP contribution in [0.3, 0.4) is 0 Å². The van der Waals surface area contributed by atoms with Gasteiger partial charge in [-0.15, -0.1) is 0 Å². The lowest BCUT2D eigenvalue weighted by Gasteiger charge is -2.47. The molecule has 15 aromatic carbocycles. The van der Waals surface area contributed by atoms with E-state index in [2.05, 4.69) is 415 Å². The average molecular weight is 1530 g/mol. The predicted octanol–water partition coefficient (Wildman–Crippen LogP) is 28.6. The first-order valence-corrected chi connectivity index (χ1v) is 42.0. The molecule has 0 saturated carbocycles. The Morgan fingerprint density at radius 3 is 1.28 bits per heavy atom. The second-order valence-corrected chi connectivity index (χ2v) is 38.8. The van der Waals surface area contributed by atoms with E-state index in [1.54, 1.807) is 0 Å². The summed E-state index contributed by atoms with van der Waals surface area (Å²) in [5, 5.41) is 6.56. The number of fused-ring (bicyclic) bond motifs is 22. The first-order chi connectivity index (χ1) is 56.7. The number of aromatic nitrogens is 1. The molecule has 0 atom stereocenters. The van der Waals surface area contributed by atoms with Crippen molar-refractivity contribution in [3.8, 4) is 61.7 Å². The molecule has 4 aliphatic rings. The van der Waals surface area contributed by atoms with Crippen LogP contribution in [0, 0.1) is 0 Å². The third kappa shape index (κ3) is 10.6. The van der Waals surface area contributed by atoms with E-state index in [-0.39, 0.29) is 21.7 Å². The molecule has 3 aliphatic heterocycles. The Hall–Kier alpha value is -12.8. The van der Waals surface area contributed by atoms with Crippen LogP contribution in [0.15, 0.2) is 306 Å². The summed E-state index contributed by atoms with van der Waals surface area (Å²) in [6.45, 7) is 35.1. The maximum atomic E-state index is 7.81. The summed E-state index contributed by atoms with van der Waals surface area (Å²) in [7, 11) is 0. The Morgan fingerprint density at radius 2 is 0.737 bits per heavy atom. The lowest BCUT2D eigenvalue weighted by Crippen LogP contribution is -2.62. The lowest BCUT2D eigenvalue weighted by atomic mass is 9.33. The van der Waals surface area contributed by atoms with E-state index in [1.807, 2.05) is 0 Å². The number of nitrogens with zero attached hydrogens (tertiary/aromatic N) is 3. The van der Waals surface area contributed by atoms with Crippen LogP contribution in [-0.2, 0) is 32.5 Å². The van der Waals surface area contributed by atoms with Crippen molar-refractivity contribution in [1.29, 1.82) is 0 Å². The van der Waals surface area contributed by atoms with Gasteiger partial charge in [0.15, 0.2) is 0 Å². The molecule has 22 rings (SSSR count). The van der Waals surface area contributed by atoms with Gasteiger partial charge in [0.1, 0.15) is 33.8 Å². The van der Waals surface area contributed by atoms with Crippen molar-refractivity contribution in [2.24, 2.45) is 0 Å². The molecular formula is C111H94BN3O3. The van der Waals surface area contributed by atoms with E-state index in [9.17, 15) is 0 Å². The van der Waals surface area contributed by atoms with Crippen LogP contribution in [0.1, 0.15) is 154 Å². The highest BCUT2D eigenvalue weighted by atomic mass is 16.5. The largest absolute Gasteiger partial charge is 0.457 e. The molecule has 1 spiro atoms. The van der Waals surface area contributed by atoms with Crippen molar-refractivity contribution in [1.82, 2.24) is 4.57 Å². The summed E-state index contributed by atoms with van der Waals surface area (Å²) in [6.07, 6.45) is 0. The van der Waals surface area contributed by atoms with Crippen LogP contribution in [0.4, 0.5) is 34.1 Å². The first kappa shape index (κ1) is 71.7. The van der Waals surface area contributed by atoms with Gasteiger partial charge in [-0.2, -0.15) is 0 Å². The fourth-order valence-electron chi connectivity index (χ4n) is 20.3. The van der Waals surface area contributed by atoms with Crippen LogP contribution >= 0.6 is 0 Å². The van der Waals surface area contributed by atoms with Gasteiger partial charge in [0.25, 0.3) is 6.71 Å². The Morgan fingerprint density at radius 1 is 0.280 bits per heavy atom. The van der Waals surface area contributed by atoms with E-state index < -0.39 is 17.5 Å². The highest BCUT2D eigenvalue weighted by Gasteiger charge is 2.54. The topological polar surface area (TPSA) is 46.9 Å². The van der Waals surface area contributed by atoms with E-state index in [0.29, 0.717) is 0 Å². The van der Waals surface area contributed by atoms with Gasteiger partial charge in [0, 0.05) is 78.3 Å². The summed E-state index contributed by atoms with van der Waals surface area (Å²) in [5.41, 5.74) is 34.7. The standard InChI is InChI=1S/C111H94BN3O3/c1-106(2,3)69-53-67(54-70(58-69)107(4,5)6)75-48-51-98-101(81-36-22-28-42-95(81)116-98)104(75)114-91-62-74(113-89-41-27-21-35-79(89)80-47-45-66(57-90(80)113)65-31-17-16-18-32-65)46-50-87(91)112-88-63-86-100(118-97-44-30-26-40-85(97)111(86)83-38-24-19-33-77(83)78-34-20-25-39-84(78)111)64-92(88)115(94-61-73(110(13,14)15)60-93(114)103(94)112)105-76(49-52-99-102(105)82-37-23-29-43-96(82)117-99)68-55-71(108(7,8)9)59-72(56-68)109(10,11)12/h16-64H,1-15H3. The van der Waals surface area contributed by atoms with Crippen molar-refractivity contribution in [2.75, 3.05) is 9.80 Å². The van der Waals surface area contributed by atoms with Crippen molar-refractivity contribution in [3.63, 3.8) is 0 Å². The van der Waals surface area contributed by atoms with Crippen LogP contribution < -0.4 is 30.9 Å². The fraction of sp³-hybridized carbons (Fsp3) is 0.189. The lowest BCUT2D eigenvalue weighted by molar-refractivity contribution is 0.437. The monoisotopic (exact) mass is 1530 g/mol. The summed E-state index contributed by atoms with van der Waals surface area (Å²) >= 11 is 0. The van der Waals surface area contributed by atoms with Gasteiger partial charge in [-0.25, -0.2) is 0 Å².